The lowest BCUT2D eigenvalue weighted by atomic mass is 10.1. The van der Waals surface area contributed by atoms with Crippen LogP contribution in [0, 0.1) is 11.3 Å². The van der Waals surface area contributed by atoms with E-state index in [4.69, 9.17) is 5.26 Å². The number of carbonyl (C=O) groups is 2. The second kappa shape index (κ2) is 8.85. The number of nitrogens with zero attached hydrogens (tertiary/aromatic N) is 1. The highest BCUT2D eigenvalue weighted by Crippen LogP contribution is 2.16. The van der Waals surface area contributed by atoms with Crippen molar-refractivity contribution >= 4 is 33.4 Å². The predicted octanol–water partition coefficient (Wildman–Crippen LogP) is 3.16. The van der Waals surface area contributed by atoms with Gasteiger partial charge < -0.3 is 10.6 Å². The normalized spacial score (nSPS) is 9.83. The third kappa shape index (κ3) is 5.52. The van der Waals surface area contributed by atoms with Gasteiger partial charge >= 0.3 is 0 Å². The van der Waals surface area contributed by atoms with Crippen LogP contribution in [-0.2, 0) is 22.6 Å². The lowest BCUT2D eigenvalue weighted by Crippen LogP contribution is -2.24. The summed E-state index contributed by atoms with van der Waals surface area (Å²) in [6.45, 7) is 0.412. The molecule has 0 aliphatic heterocycles. The minimum atomic E-state index is -0.341. The first kappa shape index (κ1) is 17.7. The minimum Gasteiger partial charge on any atom is -0.352 e. The van der Waals surface area contributed by atoms with Crippen LogP contribution in [0.15, 0.2) is 53.0 Å². The fraction of sp³-hybridized carbons (Fsp3) is 0.167. The van der Waals surface area contributed by atoms with Crippen LogP contribution >= 0.6 is 15.9 Å². The number of nitriles is 1. The highest BCUT2D eigenvalue weighted by atomic mass is 79.9. The summed E-state index contributed by atoms with van der Waals surface area (Å²) >= 11 is 3.42. The van der Waals surface area contributed by atoms with Gasteiger partial charge in [0, 0.05) is 16.7 Å². The smallest absolute Gasteiger partial charge is 0.238 e. The van der Waals surface area contributed by atoms with Crippen molar-refractivity contribution in [1.29, 1.82) is 5.26 Å². The van der Waals surface area contributed by atoms with Gasteiger partial charge in [0.05, 0.1) is 12.5 Å². The summed E-state index contributed by atoms with van der Waals surface area (Å²) in [6, 6.07) is 16.5. The quantitative estimate of drug-likeness (QED) is 0.800. The Labute approximate surface area is 148 Å². The Morgan fingerprint density at radius 2 is 1.75 bits per heavy atom. The molecule has 2 rings (SSSR count). The maximum Gasteiger partial charge on any atom is 0.238 e. The van der Waals surface area contributed by atoms with Crippen molar-refractivity contribution in [2.24, 2.45) is 0 Å². The van der Waals surface area contributed by atoms with Gasteiger partial charge in [-0.3, -0.25) is 9.59 Å². The largest absolute Gasteiger partial charge is 0.352 e. The maximum absolute atomic E-state index is 12.0. The number of halogens is 1. The van der Waals surface area contributed by atoms with Crippen LogP contribution in [0.3, 0.4) is 0 Å². The molecular formula is C18H16BrN3O2. The van der Waals surface area contributed by atoms with Crippen LogP contribution in [-0.4, -0.2) is 11.8 Å². The Kier molecular flexibility index (Phi) is 6.52. The van der Waals surface area contributed by atoms with Crippen molar-refractivity contribution in [3.63, 3.8) is 0 Å². The number of anilines is 1. The van der Waals surface area contributed by atoms with E-state index in [0.717, 1.165) is 15.6 Å². The van der Waals surface area contributed by atoms with Crippen molar-refractivity contribution in [2.45, 2.75) is 19.4 Å². The number of nitrogens with one attached hydrogen (secondary N) is 2. The van der Waals surface area contributed by atoms with E-state index in [0.29, 0.717) is 18.7 Å². The Hall–Kier alpha value is -2.65. The van der Waals surface area contributed by atoms with Crippen LogP contribution in [0.5, 0.6) is 0 Å². The topological polar surface area (TPSA) is 82.0 Å². The number of carbonyl (C=O) groups excluding carboxylic acids is 2. The van der Waals surface area contributed by atoms with Crippen molar-refractivity contribution in [3.05, 3.63) is 64.1 Å². The van der Waals surface area contributed by atoms with Crippen LogP contribution in [0.25, 0.3) is 0 Å². The first-order valence-electron chi connectivity index (χ1n) is 7.34. The molecule has 24 heavy (non-hydrogen) atoms. The summed E-state index contributed by atoms with van der Waals surface area (Å²) in [5.41, 5.74) is 2.48. The lowest BCUT2D eigenvalue weighted by molar-refractivity contribution is -0.120. The third-order valence-corrected chi connectivity index (χ3v) is 4.05. The van der Waals surface area contributed by atoms with E-state index in [9.17, 15) is 9.59 Å². The van der Waals surface area contributed by atoms with E-state index in [1.165, 1.54) is 0 Å². The summed E-state index contributed by atoms with van der Waals surface area (Å²) in [5.74, 6) is -0.403. The maximum atomic E-state index is 12.0. The third-order valence-electron chi connectivity index (χ3n) is 3.28. The Morgan fingerprint density at radius 3 is 2.42 bits per heavy atom. The zero-order valence-corrected chi connectivity index (χ0v) is 14.5. The molecular weight excluding hydrogens is 370 g/mol. The molecule has 0 heterocycles. The molecule has 2 amide bonds. The summed E-state index contributed by atoms with van der Waals surface area (Å²) in [4.78, 5) is 23.3. The van der Waals surface area contributed by atoms with Crippen molar-refractivity contribution < 1.29 is 9.59 Å². The molecule has 0 bridgehead atoms. The van der Waals surface area contributed by atoms with E-state index >= 15 is 0 Å². The Morgan fingerprint density at radius 1 is 1.04 bits per heavy atom. The minimum absolute atomic E-state index is 0.0618. The molecule has 2 N–H and O–H groups in total. The summed E-state index contributed by atoms with van der Waals surface area (Å²) < 4.78 is 0.914. The molecule has 0 saturated carbocycles. The van der Waals surface area contributed by atoms with Crippen LogP contribution < -0.4 is 10.6 Å². The molecule has 0 aliphatic rings. The Bertz CT molecular complexity index is 767. The predicted molar refractivity (Wildman–Crippen MR) is 95.0 cm³/mol. The first-order chi connectivity index (χ1) is 11.6. The van der Waals surface area contributed by atoms with Gasteiger partial charge in [-0.2, -0.15) is 5.26 Å². The SMILES string of the molecule is N#CCC(=O)Nc1ccc(CNC(=O)Cc2ccccc2Br)cc1. The number of hydrogen-bond acceptors (Lipinski definition) is 3. The van der Waals surface area contributed by atoms with Gasteiger partial charge in [0.15, 0.2) is 0 Å². The molecule has 0 atom stereocenters. The zero-order valence-electron chi connectivity index (χ0n) is 12.9. The number of hydrogen-bond donors (Lipinski definition) is 2. The molecule has 6 heteroatoms. The average Bonchev–Trinajstić information content (AvgIpc) is 2.56. The highest BCUT2D eigenvalue weighted by Gasteiger charge is 2.06. The van der Waals surface area contributed by atoms with Gasteiger partial charge in [-0.25, -0.2) is 0 Å². The van der Waals surface area contributed by atoms with Gasteiger partial charge in [0.1, 0.15) is 6.42 Å². The van der Waals surface area contributed by atoms with Gasteiger partial charge in [-0.15, -0.1) is 0 Å². The molecule has 0 spiro atoms. The van der Waals surface area contributed by atoms with E-state index in [1.54, 1.807) is 18.2 Å². The number of benzene rings is 2. The molecule has 2 aromatic carbocycles. The van der Waals surface area contributed by atoms with Gasteiger partial charge in [-0.1, -0.05) is 46.3 Å². The first-order valence-corrected chi connectivity index (χ1v) is 8.13. The molecule has 0 radical (unpaired) electrons. The fourth-order valence-corrected chi connectivity index (χ4v) is 2.49. The van der Waals surface area contributed by atoms with Crippen molar-refractivity contribution in [3.8, 4) is 6.07 Å². The number of amides is 2. The zero-order chi connectivity index (χ0) is 17.4. The van der Waals surface area contributed by atoms with Crippen LogP contribution in [0.1, 0.15) is 17.5 Å². The Balaban J connectivity index is 1.84. The van der Waals surface area contributed by atoms with Gasteiger partial charge in [-0.05, 0) is 29.3 Å². The molecule has 122 valence electrons. The summed E-state index contributed by atoms with van der Waals surface area (Å²) in [7, 11) is 0. The molecule has 2 aromatic rings. The lowest BCUT2D eigenvalue weighted by Gasteiger charge is -2.08. The van der Waals surface area contributed by atoms with Crippen molar-refractivity contribution in [2.75, 3.05) is 5.32 Å². The van der Waals surface area contributed by atoms with Crippen molar-refractivity contribution in [1.82, 2.24) is 5.32 Å². The second-order valence-corrected chi connectivity index (χ2v) is 5.98. The molecule has 0 unspecified atom stereocenters. The standard InChI is InChI=1S/C18H16BrN3O2/c19-16-4-2-1-3-14(16)11-18(24)21-12-13-5-7-15(8-6-13)22-17(23)9-10-20/h1-8H,9,11-12H2,(H,21,24)(H,22,23). The van der Waals surface area contributed by atoms with Crippen LogP contribution in [0.2, 0.25) is 0 Å². The van der Waals surface area contributed by atoms with Gasteiger partial charge in [0.25, 0.3) is 0 Å². The monoisotopic (exact) mass is 385 g/mol. The van der Waals surface area contributed by atoms with E-state index in [1.807, 2.05) is 36.4 Å². The summed E-state index contributed by atoms with van der Waals surface area (Å²) in [6.07, 6.45) is 0.135. The highest BCUT2D eigenvalue weighted by molar-refractivity contribution is 9.10. The average molecular weight is 386 g/mol. The van der Waals surface area contributed by atoms with E-state index in [-0.39, 0.29) is 18.2 Å². The molecule has 0 aromatic heterocycles. The second-order valence-electron chi connectivity index (χ2n) is 5.12. The van der Waals surface area contributed by atoms with Gasteiger partial charge in [0.2, 0.25) is 11.8 Å². The number of rotatable bonds is 6. The fourth-order valence-electron chi connectivity index (χ4n) is 2.06. The van der Waals surface area contributed by atoms with Crippen LogP contribution in [0.4, 0.5) is 5.69 Å². The molecule has 0 aliphatic carbocycles. The van der Waals surface area contributed by atoms with E-state index < -0.39 is 0 Å². The summed E-state index contributed by atoms with van der Waals surface area (Å²) in [5, 5.41) is 13.9. The molecule has 5 nitrogen and oxygen atoms in total. The molecule has 0 fully saturated rings. The van der Waals surface area contributed by atoms with E-state index in [2.05, 4.69) is 26.6 Å². The molecule has 0 saturated heterocycles.